The minimum atomic E-state index is -1.84. The summed E-state index contributed by atoms with van der Waals surface area (Å²) in [7, 11) is -0.539. The lowest BCUT2D eigenvalue weighted by Gasteiger charge is -1.89. The number of hydrogen-bond donors (Lipinski definition) is 0. The first-order valence-electron chi connectivity index (χ1n) is 2.27. The summed E-state index contributed by atoms with van der Waals surface area (Å²) >= 11 is 0. The van der Waals surface area contributed by atoms with Crippen molar-refractivity contribution in [3.63, 3.8) is 0 Å². The van der Waals surface area contributed by atoms with Crippen LogP contribution in [0.3, 0.4) is 0 Å². The Labute approximate surface area is 54.2 Å². The topological polar surface area (TPSA) is 59.3 Å². The fourth-order valence-electron chi connectivity index (χ4n) is 0.268. The summed E-state index contributed by atoms with van der Waals surface area (Å²) in [5.41, 5.74) is 0. The van der Waals surface area contributed by atoms with Gasteiger partial charge in [-0.1, -0.05) is 0 Å². The van der Waals surface area contributed by atoms with E-state index in [0.29, 0.717) is 0 Å². The van der Waals surface area contributed by atoms with Gasteiger partial charge in [0.1, 0.15) is 0 Å². The first-order valence-corrected chi connectivity index (χ1v) is 3.52. The highest BCUT2D eigenvalue weighted by Crippen LogP contribution is 2.27. The smallest absolute Gasteiger partial charge is 0.373 e. The Morgan fingerprint density at radius 1 is 1.78 bits per heavy atom. The summed E-state index contributed by atoms with van der Waals surface area (Å²) < 4.78 is 19.2. The zero-order chi connectivity index (χ0) is 7.28. The molecule has 0 spiro atoms. The van der Waals surface area contributed by atoms with Gasteiger partial charge in [-0.2, -0.15) is 5.26 Å². The number of nitrogens with zero attached hydrogens (tertiary/aromatic N) is 1. The van der Waals surface area contributed by atoms with Gasteiger partial charge in [0, 0.05) is 6.92 Å². The molecule has 0 fully saturated rings. The maximum Gasteiger partial charge on any atom is 0.553 e. The zero-order valence-electron chi connectivity index (χ0n) is 5.20. The van der Waals surface area contributed by atoms with Crippen LogP contribution in [-0.2, 0) is 13.8 Å². The van der Waals surface area contributed by atoms with Gasteiger partial charge >= 0.3 is 13.9 Å². The molecule has 0 N–H and O–H groups in total. The van der Waals surface area contributed by atoms with E-state index in [4.69, 9.17) is 5.26 Å². The molecule has 4 nitrogen and oxygen atoms in total. The van der Waals surface area contributed by atoms with Crippen molar-refractivity contribution in [3.05, 3.63) is 0 Å². The highest BCUT2D eigenvalue weighted by Gasteiger charge is 2.27. The van der Waals surface area contributed by atoms with E-state index in [1.807, 2.05) is 0 Å². The molecule has 0 aromatic carbocycles. The molecule has 0 amide bonds. The summed E-state index contributed by atoms with van der Waals surface area (Å²) in [5, 5.41) is 7.92. The molecule has 0 aromatic rings. The molecule has 50 valence electrons. The average Bonchev–Trinajstić information content (AvgIpc) is 1.87. The third-order valence-corrected chi connectivity index (χ3v) is 1.76. The van der Waals surface area contributed by atoms with Crippen molar-refractivity contribution in [1.82, 2.24) is 0 Å². The van der Waals surface area contributed by atoms with Crippen molar-refractivity contribution in [2.24, 2.45) is 0 Å². The van der Waals surface area contributed by atoms with E-state index in [1.165, 1.54) is 20.3 Å². The van der Waals surface area contributed by atoms with Gasteiger partial charge in [-0.15, -0.1) is 4.52 Å². The zero-order valence-corrected chi connectivity index (χ0v) is 6.09. The lowest BCUT2D eigenvalue weighted by Crippen LogP contribution is -1.97. The quantitative estimate of drug-likeness (QED) is 0.446. The normalized spacial score (nSPS) is 13.7. The van der Waals surface area contributed by atoms with Crippen LogP contribution in [0.15, 0.2) is 0 Å². The number of nitriles is 1. The largest absolute Gasteiger partial charge is 0.553 e. The molecule has 0 aliphatic rings. The van der Waals surface area contributed by atoms with Gasteiger partial charge in [0.05, 0.1) is 7.11 Å². The molecule has 9 heavy (non-hydrogen) atoms. The number of ether oxygens (including phenoxy) is 1. The second-order valence-electron chi connectivity index (χ2n) is 1.28. The van der Waals surface area contributed by atoms with Crippen LogP contribution in [0.1, 0.15) is 6.92 Å². The van der Waals surface area contributed by atoms with Crippen LogP contribution >= 0.6 is 8.03 Å². The van der Waals surface area contributed by atoms with E-state index < -0.39 is 13.9 Å². The van der Waals surface area contributed by atoms with E-state index in [1.54, 1.807) is 0 Å². The SMILES string of the molecule is CO[P+](=O)C(C)OC#N. The van der Waals surface area contributed by atoms with Gasteiger partial charge in [-0.3, -0.25) is 0 Å². The van der Waals surface area contributed by atoms with Crippen molar-refractivity contribution >= 4 is 8.03 Å². The Morgan fingerprint density at radius 2 is 2.33 bits per heavy atom. The molecule has 0 bridgehead atoms. The van der Waals surface area contributed by atoms with Crippen LogP contribution in [-0.4, -0.2) is 13.0 Å². The lowest BCUT2D eigenvalue weighted by atomic mass is 10.9. The van der Waals surface area contributed by atoms with Gasteiger partial charge in [0.15, 0.2) is 0 Å². The predicted octanol–water partition coefficient (Wildman–Crippen LogP) is 1.22. The van der Waals surface area contributed by atoms with Crippen LogP contribution in [0.4, 0.5) is 0 Å². The van der Waals surface area contributed by atoms with E-state index in [2.05, 4.69) is 9.26 Å². The maximum absolute atomic E-state index is 10.6. The lowest BCUT2D eigenvalue weighted by molar-refractivity contribution is 0.230. The van der Waals surface area contributed by atoms with Gasteiger partial charge in [0.25, 0.3) is 6.26 Å². The number of hydrogen-bond acceptors (Lipinski definition) is 4. The van der Waals surface area contributed by atoms with E-state index in [9.17, 15) is 4.57 Å². The number of rotatable bonds is 3. The Balaban J connectivity index is 3.62. The second kappa shape index (κ2) is 4.25. The van der Waals surface area contributed by atoms with Crippen LogP contribution < -0.4 is 0 Å². The Kier molecular flexibility index (Phi) is 3.94. The minimum absolute atomic E-state index is 0.644. The molecule has 0 radical (unpaired) electrons. The average molecular weight is 148 g/mol. The maximum atomic E-state index is 10.6. The Morgan fingerprint density at radius 3 is 2.67 bits per heavy atom. The highest BCUT2D eigenvalue weighted by atomic mass is 31.1. The van der Waals surface area contributed by atoms with Crippen LogP contribution in [0.2, 0.25) is 0 Å². The first-order chi connectivity index (χ1) is 4.22. The van der Waals surface area contributed by atoms with E-state index in [-0.39, 0.29) is 0 Å². The van der Waals surface area contributed by atoms with Crippen LogP contribution in [0.25, 0.3) is 0 Å². The molecule has 0 aromatic heterocycles. The van der Waals surface area contributed by atoms with E-state index >= 15 is 0 Å². The molecule has 0 rings (SSSR count). The third-order valence-electron chi connectivity index (χ3n) is 0.700. The Hall–Kier alpha value is -0.650. The van der Waals surface area contributed by atoms with Crippen molar-refractivity contribution in [2.75, 3.05) is 7.11 Å². The molecule has 2 unspecified atom stereocenters. The van der Waals surface area contributed by atoms with Gasteiger partial charge in [-0.05, 0) is 4.57 Å². The summed E-state index contributed by atoms with van der Waals surface area (Å²) in [6.07, 6.45) is 1.42. The first kappa shape index (κ1) is 8.35. The monoisotopic (exact) mass is 148 g/mol. The fourth-order valence-corrected chi connectivity index (χ4v) is 0.698. The molecule has 5 heteroatoms. The molecular weight excluding hydrogens is 141 g/mol. The van der Waals surface area contributed by atoms with Crippen molar-refractivity contribution in [2.45, 2.75) is 12.8 Å². The molecular formula is C4H7NO3P+. The summed E-state index contributed by atoms with van der Waals surface area (Å²) in [6, 6.07) is 0. The second-order valence-corrected chi connectivity index (χ2v) is 2.94. The molecule has 2 atom stereocenters. The highest BCUT2D eigenvalue weighted by molar-refractivity contribution is 7.39. The van der Waals surface area contributed by atoms with Crippen LogP contribution in [0, 0.1) is 11.5 Å². The summed E-state index contributed by atoms with van der Waals surface area (Å²) in [4.78, 5) is 0. The molecule has 0 saturated heterocycles. The molecule has 0 aliphatic heterocycles. The van der Waals surface area contributed by atoms with Gasteiger partial charge in [0.2, 0.25) is 0 Å². The Bertz CT molecular complexity index is 141. The van der Waals surface area contributed by atoms with Gasteiger partial charge in [-0.25, -0.2) is 0 Å². The van der Waals surface area contributed by atoms with Crippen molar-refractivity contribution < 1.29 is 13.8 Å². The summed E-state index contributed by atoms with van der Waals surface area (Å²) in [6.45, 7) is 1.51. The molecule has 0 heterocycles. The van der Waals surface area contributed by atoms with Crippen LogP contribution in [0.5, 0.6) is 0 Å². The predicted molar refractivity (Wildman–Crippen MR) is 30.8 cm³/mol. The summed E-state index contributed by atoms with van der Waals surface area (Å²) in [5.74, 6) is -0.644. The van der Waals surface area contributed by atoms with Gasteiger partial charge < -0.3 is 4.74 Å². The minimum Gasteiger partial charge on any atom is -0.373 e. The van der Waals surface area contributed by atoms with Crippen molar-refractivity contribution in [1.29, 1.82) is 5.26 Å². The third kappa shape index (κ3) is 3.02. The molecule has 0 aliphatic carbocycles. The van der Waals surface area contributed by atoms with Crippen molar-refractivity contribution in [3.8, 4) is 6.26 Å². The van der Waals surface area contributed by atoms with E-state index in [0.717, 1.165) is 0 Å². The fraction of sp³-hybridized carbons (Fsp3) is 0.750. The standard InChI is InChI=1S/C4H7NO3P/c1-4(8-3-5)9(6)7-2/h4H,1-2H3/q+1. The molecule has 0 saturated carbocycles.